The summed E-state index contributed by atoms with van der Waals surface area (Å²) in [5, 5.41) is 1.04. The molecule has 0 amide bonds. The molecule has 0 radical (unpaired) electrons. The van der Waals surface area contributed by atoms with Crippen LogP contribution < -0.4 is 15.4 Å². The van der Waals surface area contributed by atoms with E-state index in [-0.39, 0.29) is 11.4 Å². The van der Waals surface area contributed by atoms with Gasteiger partial charge in [0.15, 0.2) is 0 Å². The molecular formula is C22H24FN2O2+. The minimum atomic E-state index is -0.286. The Hall–Kier alpha value is -2.66. The van der Waals surface area contributed by atoms with Crippen molar-refractivity contribution in [3.63, 3.8) is 0 Å². The Morgan fingerprint density at radius 3 is 2.52 bits per heavy atom. The van der Waals surface area contributed by atoms with Crippen molar-refractivity contribution in [2.75, 3.05) is 31.1 Å². The van der Waals surface area contributed by atoms with Gasteiger partial charge in [-0.2, -0.15) is 0 Å². The van der Waals surface area contributed by atoms with Crippen molar-refractivity contribution < 1.29 is 13.7 Å². The lowest BCUT2D eigenvalue weighted by molar-refractivity contribution is -0.914. The van der Waals surface area contributed by atoms with Crippen LogP contribution in [-0.2, 0) is 13.0 Å². The molecule has 0 aliphatic carbocycles. The molecule has 0 spiro atoms. The zero-order valence-corrected chi connectivity index (χ0v) is 15.5. The second kappa shape index (κ2) is 7.53. The predicted molar refractivity (Wildman–Crippen MR) is 105 cm³/mol. The number of benzene rings is 2. The van der Waals surface area contributed by atoms with Crippen LogP contribution in [0.3, 0.4) is 0 Å². The number of nitrogens with one attached hydrogen (secondary N) is 1. The van der Waals surface area contributed by atoms with Crippen molar-refractivity contribution in [1.29, 1.82) is 0 Å². The number of anilines is 1. The highest BCUT2D eigenvalue weighted by Crippen LogP contribution is 2.19. The van der Waals surface area contributed by atoms with Gasteiger partial charge in [-0.25, -0.2) is 9.18 Å². The summed E-state index contributed by atoms with van der Waals surface area (Å²) >= 11 is 0. The van der Waals surface area contributed by atoms with Crippen molar-refractivity contribution >= 4 is 16.7 Å². The number of aryl methyl sites for hydroxylation is 1. The van der Waals surface area contributed by atoms with Gasteiger partial charge in [-0.15, -0.1) is 0 Å². The first-order valence-corrected chi connectivity index (χ1v) is 9.52. The maximum atomic E-state index is 13.1. The first-order chi connectivity index (χ1) is 13.1. The van der Waals surface area contributed by atoms with E-state index in [4.69, 9.17) is 4.42 Å². The van der Waals surface area contributed by atoms with Crippen molar-refractivity contribution in [2.24, 2.45) is 0 Å². The zero-order chi connectivity index (χ0) is 18.8. The van der Waals surface area contributed by atoms with Crippen LogP contribution in [0.25, 0.3) is 11.0 Å². The molecule has 140 valence electrons. The van der Waals surface area contributed by atoms with Gasteiger partial charge in [0.05, 0.1) is 26.2 Å². The number of quaternary nitrogens is 1. The second-order valence-corrected chi connectivity index (χ2v) is 7.16. The summed E-state index contributed by atoms with van der Waals surface area (Å²) in [6.45, 7) is 6.73. The van der Waals surface area contributed by atoms with E-state index in [9.17, 15) is 9.18 Å². The standard InChI is InChI=1S/C22H23FN2O2/c1-2-16-3-8-21-20(13-16)17(14-22(26)27-21)15-24-9-11-25(12-10-24)19-6-4-18(23)5-7-19/h3-8,13-14H,2,9-12,15H2,1H3/p+1. The molecule has 1 saturated heterocycles. The summed E-state index contributed by atoms with van der Waals surface area (Å²) in [6.07, 6.45) is 0.956. The summed E-state index contributed by atoms with van der Waals surface area (Å²) in [6, 6.07) is 14.4. The summed E-state index contributed by atoms with van der Waals surface area (Å²) in [5.74, 6) is -0.204. The first kappa shape index (κ1) is 17.7. The number of rotatable bonds is 4. The fourth-order valence-electron chi connectivity index (χ4n) is 3.82. The molecule has 3 aromatic rings. The van der Waals surface area contributed by atoms with Crippen LogP contribution in [0.4, 0.5) is 10.1 Å². The van der Waals surface area contributed by atoms with E-state index < -0.39 is 0 Å². The Kier molecular flexibility index (Phi) is 4.94. The number of halogens is 1. The lowest BCUT2D eigenvalue weighted by atomic mass is 10.0. The molecular weight excluding hydrogens is 343 g/mol. The van der Waals surface area contributed by atoms with Crippen LogP contribution in [0, 0.1) is 5.82 Å². The molecule has 1 N–H and O–H groups in total. The van der Waals surface area contributed by atoms with E-state index in [1.165, 1.54) is 22.6 Å². The molecule has 1 fully saturated rings. The largest absolute Gasteiger partial charge is 0.423 e. The molecule has 0 bridgehead atoms. The van der Waals surface area contributed by atoms with Gasteiger partial charge in [0.2, 0.25) is 0 Å². The fourth-order valence-corrected chi connectivity index (χ4v) is 3.82. The van der Waals surface area contributed by atoms with Crippen molar-refractivity contribution in [1.82, 2.24) is 0 Å². The summed E-state index contributed by atoms with van der Waals surface area (Å²) in [5.41, 5.74) is 3.74. The van der Waals surface area contributed by atoms with Gasteiger partial charge in [-0.05, 0) is 48.4 Å². The van der Waals surface area contributed by atoms with Gasteiger partial charge < -0.3 is 14.2 Å². The van der Waals surface area contributed by atoms with Crippen molar-refractivity contribution in [3.8, 4) is 0 Å². The Morgan fingerprint density at radius 2 is 1.81 bits per heavy atom. The molecule has 2 heterocycles. The summed E-state index contributed by atoms with van der Waals surface area (Å²) in [4.78, 5) is 15.7. The van der Waals surface area contributed by atoms with Crippen LogP contribution in [0.15, 0.2) is 57.7 Å². The number of piperazine rings is 1. The van der Waals surface area contributed by atoms with E-state index >= 15 is 0 Å². The van der Waals surface area contributed by atoms with E-state index in [1.54, 1.807) is 6.07 Å². The average Bonchev–Trinajstić information content (AvgIpc) is 2.69. The van der Waals surface area contributed by atoms with Crippen LogP contribution in [-0.4, -0.2) is 26.2 Å². The summed E-state index contributed by atoms with van der Waals surface area (Å²) < 4.78 is 18.5. The highest BCUT2D eigenvalue weighted by molar-refractivity contribution is 5.80. The highest BCUT2D eigenvalue weighted by atomic mass is 19.1. The normalized spacial score (nSPS) is 15.4. The smallest absolute Gasteiger partial charge is 0.336 e. The molecule has 0 saturated carbocycles. The topological polar surface area (TPSA) is 37.9 Å². The van der Waals surface area contributed by atoms with E-state index in [1.807, 2.05) is 24.3 Å². The third-order valence-corrected chi connectivity index (χ3v) is 5.40. The molecule has 2 aromatic carbocycles. The van der Waals surface area contributed by atoms with Crippen LogP contribution in [0.5, 0.6) is 0 Å². The third kappa shape index (κ3) is 3.88. The van der Waals surface area contributed by atoms with Crippen molar-refractivity contribution in [3.05, 3.63) is 75.9 Å². The van der Waals surface area contributed by atoms with Gasteiger partial charge in [0.1, 0.15) is 17.9 Å². The molecule has 0 atom stereocenters. The van der Waals surface area contributed by atoms with Crippen molar-refractivity contribution in [2.45, 2.75) is 19.9 Å². The third-order valence-electron chi connectivity index (χ3n) is 5.40. The molecule has 1 aliphatic rings. The maximum Gasteiger partial charge on any atom is 0.336 e. The Bertz CT molecular complexity index is 989. The zero-order valence-electron chi connectivity index (χ0n) is 15.5. The molecule has 27 heavy (non-hydrogen) atoms. The van der Waals surface area contributed by atoms with Crippen LogP contribution >= 0.6 is 0 Å². The van der Waals surface area contributed by atoms with Crippen LogP contribution in [0.2, 0.25) is 0 Å². The van der Waals surface area contributed by atoms with Gasteiger partial charge in [-0.3, -0.25) is 0 Å². The molecule has 1 aliphatic heterocycles. The van der Waals surface area contributed by atoms with Gasteiger partial charge in [0, 0.05) is 22.7 Å². The molecule has 5 heteroatoms. The Labute approximate surface area is 157 Å². The van der Waals surface area contributed by atoms with Gasteiger partial charge in [-0.1, -0.05) is 13.0 Å². The predicted octanol–water partition coefficient (Wildman–Crippen LogP) is 2.40. The fraction of sp³-hybridized carbons (Fsp3) is 0.318. The van der Waals surface area contributed by atoms with E-state index in [0.717, 1.165) is 55.8 Å². The second-order valence-electron chi connectivity index (χ2n) is 7.16. The number of fused-ring (bicyclic) bond motifs is 1. The molecule has 4 rings (SSSR count). The highest BCUT2D eigenvalue weighted by Gasteiger charge is 2.21. The Balaban J connectivity index is 1.50. The lowest BCUT2D eigenvalue weighted by Crippen LogP contribution is -3.13. The number of hydrogen-bond donors (Lipinski definition) is 1. The minimum Gasteiger partial charge on any atom is -0.423 e. The SMILES string of the molecule is CCc1ccc2oc(=O)cc(C[NH+]3CCN(c4ccc(F)cc4)CC3)c2c1. The summed E-state index contributed by atoms with van der Waals surface area (Å²) in [7, 11) is 0. The minimum absolute atomic E-state index is 0.204. The van der Waals surface area contributed by atoms with E-state index in [0.29, 0.717) is 5.58 Å². The van der Waals surface area contributed by atoms with E-state index in [2.05, 4.69) is 17.9 Å². The molecule has 1 aromatic heterocycles. The maximum absolute atomic E-state index is 13.1. The molecule has 4 nitrogen and oxygen atoms in total. The first-order valence-electron chi connectivity index (χ1n) is 9.52. The van der Waals surface area contributed by atoms with Crippen LogP contribution in [0.1, 0.15) is 18.1 Å². The average molecular weight is 367 g/mol. The lowest BCUT2D eigenvalue weighted by Gasteiger charge is -2.33. The monoisotopic (exact) mass is 367 g/mol. The van der Waals surface area contributed by atoms with Gasteiger partial charge in [0.25, 0.3) is 0 Å². The molecule has 0 unspecified atom stereocenters. The number of nitrogens with zero attached hydrogens (tertiary/aromatic N) is 1. The Morgan fingerprint density at radius 1 is 1.07 bits per heavy atom. The quantitative estimate of drug-likeness (QED) is 0.720. The van der Waals surface area contributed by atoms with Gasteiger partial charge >= 0.3 is 5.63 Å². The number of hydrogen-bond acceptors (Lipinski definition) is 3.